The van der Waals surface area contributed by atoms with Crippen molar-refractivity contribution < 1.29 is 9.59 Å². The molecule has 6 nitrogen and oxygen atoms in total. The molecule has 32 heavy (non-hydrogen) atoms. The summed E-state index contributed by atoms with van der Waals surface area (Å²) in [5, 5.41) is 4.00. The second kappa shape index (κ2) is 7.98. The van der Waals surface area contributed by atoms with Crippen LogP contribution < -0.4 is 5.32 Å². The Labute approximate surface area is 192 Å². The number of imide groups is 1. The molecular weight excluding hydrogens is 420 g/mol. The topological polar surface area (TPSA) is 65.5 Å². The van der Waals surface area contributed by atoms with Crippen molar-refractivity contribution in [2.45, 2.75) is 51.1 Å². The molecule has 3 heterocycles. The van der Waals surface area contributed by atoms with Crippen LogP contribution >= 0.6 is 11.3 Å². The Balaban J connectivity index is 1.36. The van der Waals surface area contributed by atoms with Gasteiger partial charge in [-0.15, -0.1) is 11.3 Å². The van der Waals surface area contributed by atoms with Gasteiger partial charge in [-0.3, -0.25) is 9.69 Å². The van der Waals surface area contributed by atoms with Crippen molar-refractivity contribution in [1.82, 2.24) is 20.1 Å². The van der Waals surface area contributed by atoms with Crippen molar-refractivity contribution in [3.8, 4) is 0 Å². The van der Waals surface area contributed by atoms with Crippen molar-refractivity contribution in [3.05, 3.63) is 64.7 Å². The van der Waals surface area contributed by atoms with Gasteiger partial charge in [0, 0.05) is 6.54 Å². The molecule has 0 radical (unpaired) electrons. The first-order valence-electron chi connectivity index (χ1n) is 11.2. The Morgan fingerprint density at radius 2 is 1.91 bits per heavy atom. The third-order valence-electron chi connectivity index (χ3n) is 6.71. The van der Waals surface area contributed by atoms with E-state index in [4.69, 9.17) is 4.98 Å². The van der Waals surface area contributed by atoms with Gasteiger partial charge in [0.15, 0.2) is 0 Å². The predicted molar refractivity (Wildman–Crippen MR) is 126 cm³/mol. The first-order chi connectivity index (χ1) is 15.4. The zero-order valence-electron chi connectivity index (χ0n) is 18.7. The lowest BCUT2D eigenvalue weighted by Gasteiger charge is -2.27. The molecule has 2 saturated heterocycles. The van der Waals surface area contributed by atoms with Crippen LogP contribution in [0.2, 0.25) is 0 Å². The van der Waals surface area contributed by atoms with Crippen LogP contribution in [0.1, 0.15) is 61.7 Å². The summed E-state index contributed by atoms with van der Waals surface area (Å²) in [5.41, 5.74) is 1.98. The molecule has 7 heteroatoms. The molecule has 0 bridgehead atoms. The third-order valence-corrected chi connectivity index (χ3v) is 7.85. The molecule has 2 aromatic carbocycles. The minimum Gasteiger partial charge on any atom is -0.319 e. The number of hydrogen-bond acceptors (Lipinski definition) is 5. The molecule has 0 saturated carbocycles. The highest BCUT2D eigenvalue weighted by molar-refractivity contribution is 7.18. The highest BCUT2D eigenvalue weighted by atomic mass is 32.1. The second-order valence-corrected chi connectivity index (χ2v) is 10.3. The van der Waals surface area contributed by atoms with E-state index >= 15 is 0 Å². The fourth-order valence-electron chi connectivity index (χ4n) is 4.71. The van der Waals surface area contributed by atoms with E-state index in [1.807, 2.05) is 42.5 Å². The van der Waals surface area contributed by atoms with Crippen molar-refractivity contribution in [1.29, 1.82) is 0 Å². The number of carbonyl (C=O) groups excluding carboxylic acids is 2. The quantitative estimate of drug-likeness (QED) is 0.559. The Hall–Kier alpha value is -2.77. The molecule has 1 N–H and O–H groups in total. The number of hydrogen-bond donors (Lipinski definition) is 1. The van der Waals surface area contributed by atoms with Crippen LogP contribution in [0, 0.1) is 0 Å². The molecule has 2 atom stereocenters. The molecule has 1 aromatic heterocycles. The van der Waals surface area contributed by atoms with Gasteiger partial charge in [-0.2, -0.15) is 0 Å². The first kappa shape index (κ1) is 21.1. The second-order valence-electron chi connectivity index (χ2n) is 9.20. The molecule has 0 aliphatic carbocycles. The Morgan fingerprint density at radius 3 is 2.62 bits per heavy atom. The van der Waals surface area contributed by atoms with E-state index < -0.39 is 5.54 Å². The van der Waals surface area contributed by atoms with Crippen LogP contribution in [0.3, 0.4) is 0 Å². The van der Waals surface area contributed by atoms with Gasteiger partial charge in [-0.25, -0.2) is 14.7 Å². The average molecular weight is 449 g/mol. The molecule has 2 aliphatic rings. The largest absolute Gasteiger partial charge is 0.326 e. The van der Waals surface area contributed by atoms with Gasteiger partial charge in [0.1, 0.15) is 10.5 Å². The van der Waals surface area contributed by atoms with E-state index in [2.05, 4.69) is 30.1 Å². The minimum absolute atomic E-state index is 0.130. The molecule has 2 fully saturated rings. The number of nitrogens with zero attached hydrogens (tertiary/aromatic N) is 3. The molecular formula is C25H28N4O2S. The molecule has 0 spiro atoms. The number of aromatic nitrogens is 1. The molecule has 2 aliphatic heterocycles. The Morgan fingerprint density at radius 1 is 1.16 bits per heavy atom. The normalized spacial score (nSPS) is 24.1. The monoisotopic (exact) mass is 448 g/mol. The van der Waals surface area contributed by atoms with Crippen LogP contribution in [0.5, 0.6) is 0 Å². The summed E-state index contributed by atoms with van der Waals surface area (Å²) in [5.74, 6) is 0.214. The van der Waals surface area contributed by atoms with Gasteiger partial charge < -0.3 is 5.32 Å². The van der Waals surface area contributed by atoms with E-state index in [0.717, 1.165) is 35.5 Å². The Kier molecular flexibility index (Phi) is 5.26. The third kappa shape index (κ3) is 3.49. The maximum atomic E-state index is 13.4. The number of urea groups is 1. The summed E-state index contributed by atoms with van der Waals surface area (Å²) in [6.07, 6.45) is 2.01. The highest BCUT2D eigenvalue weighted by Gasteiger charge is 2.50. The molecule has 3 aromatic rings. The zero-order chi connectivity index (χ0) is 22.5. The van der Waals surface area contributed by atoms with Crippen LogP contribution in [0.25, 0.3) is 10.2 Å². The molecule has 0 unspecified atom stereocenters. The van der Waals surface area contributed by atoms with E-state index in [1.165, 1.54) is 15.2 Å². The van der Waals surface area contributed by atoms with E-state index in [-0.39, 0.29) is 24.6 Å². The predicted octanol–water partition coefficient (Wildman–Crippen LogP) is 4.98. The zero-order valence-corrected chi connectivity index (χ0v) is 19.5. The van der Waals surface area contributed by atoms with Gasteiger partial charge >= 0.3 is 6.03 Å². The van der Waals surface area contributed by atoms with Crippen LogP contribution in [-0.4, -0.2) is 39.9 Å². The van der Waals surface area contributed by atoms with Gasteiger partial charge in [0.05, 0.1) is 22.9 Å². The lowest BCUT2D eigenvalue weighted by molar-refractivity contribution is -0.132. The highest BCUT2D eigenvalue weighted by Crippen LogP contribution is 2.37. The molecule has 166 valence electrons. The smallest absolute Gasteiger partial charge is 0.319 e. The number of nitrogens with one attached hydrogen (secondary N) is 1. The number of amides is 3. The summed E-state index contributed by atoms with van der Waals surface area (Å²) >= 11 is 1.70. The fraction of sp³-hybridized carbons (Fsp3) is 0.400. The number of benzene rings is 2. The maximum Gasteiger partial charge on any atom is 0.326 e. The number of rotatable bonds is 5. The van der Waals surface area contributed by atoms with Crippen molar-refractivity contribution >= 4 is 33.5 Å². The van der Waals surface area contributed by atoms with Gasteiger partial charge in [0.25, 0.3) is 5.91 Å². The van der Waals surface area contributed by atoms with Gasteiger partial charge in [0.2, 0.25) is 0 Å². The van der Waals surface area contributed by atoms with E-state index in [0.29, 0.717) is 5.92 Å². The molecule has 3 amide bonds. The number of thiazole rings is 1. The van der Waals surface area contributed by atoms with E-state index in [1.54, 1.807) is 18.3 Å². The van der Waals surface area contributed by atoms with Crippen molar-refractivity contribution in [2.24, 2.45) is 0 Å². The summed E-state index contributed by atoms with van der Waals surface area (Å²) in [6.45, 7) is 7.20. The Bertz CT molecular complexity index is 1140. The van der Waals surface area contributed by atoms with Gasteiger partial charge in [-0.05, 0) is 48.9 Å². The maximum absolute atomic E-state index is 13.4. The number of likely N-dealkylation sites (tertiary alicyclic amines) is 1. The number of carbonyl (C=O) groups is 2. The standard InChI is InChI=1S/C25H28N4O2S/c1-16(2)17-10-12-18(13-11-17)25(3)23(30)29(24(31)27-25)15-28-14-6-8-20(28)22-26-19-7-4-5-9-21(19)32-22/h4-5,7,9-13,16,20H,6,8,14-15H2,1-3H3,(H,27,31)/t20-,25+/m0/s1. The van der Waals surface area contributed by atoms with Gasteiger partial charge in [-0.1, -0.05) is 50.2 Å². The SMILES string of the molecule is CC(C)c1ccc([C@@]2(C)NC(=O)N(CN3CCC[C@H]3c3nc4ccccc4s3)C2=O)cc1. The van der Waals surface area contributed by atoms with Crippen LogP contribution in [0.15, 0.2) is 48.5 Å². The number of para-hydroxylation sites is 1. The van der Waals surface area contributed by atoms with Crippen LogP contribution in [0.4, 0.5) is 4.79 Å². The summed E-state index contributed by atoms with van der Waals surface area (Å²) in [6, 6.07) is 15.9. The summed E-state index contributed by atoms with van der Waals surface area (Å²) < 4.78 is 1.17. The van der Waals surface area contributed by atoms with Crippen LogP contribution in [-0.2, 0) is 10.3 Å². The lowest BCUT2D eigenvalue weighted by atomic mass is 9.90. The first-order valence-corrected chi connectivity index (χ1v) is 12.0. The number of fused-ring (bicyclic) bond motifs is 1. The van der Waals surface area contributed by atoms with Crippen molar-refractivity contribution in [3.63, 3.8) is 0 Å². The summed E-state index contributed by atoms with van der Waals surface area (Å²) in [4.78, 5) is 34.7. The minimum atomic E-state index is -1.04. The van der Waals surface area contributed by atoms with E-state index in [9.17, 15) is 9.59 Å². The molecule has 5 rings (SSSR count). The van der Waals surface area contributed by atoms with Crippen molar-refractivity contribution in [2.75, 3.05) is 13.2 Å². The summed E-state index contributed by atoms with van der Waals surface area (Å²) in [7, 11) is 0. The average Bonchev–Trinajstić information content (AvgIpc) is 3.47. The fourth-order valence-corrected chi connectivity index (χ4v) is 5.85. The lowest BCUT2D eigenvalue weighted by Crippen LogP contribution is -2.43.